The second kappa shape index (κ2) is 12.5. The van der Waals surface area contributed by atoms with E-state index in [2.05, 4.69) is 15.0 Å². The number of carbonyl (C=O) groups excluding carboxylic acids is 2. The number of nitrogens with one attached hydrogen (secondary N) is 2. The number of rotatable bonds is 8. The van der Waals surface area contributed by atoms with Crippen LogP contribution in [0.1, 0.15) is 24.2 Å². The Labute approximate surface area is 256 Å². The molecule has 1 aromatic heterocycles. The minimum absolute atomic E-state index is 0.131. The molecule has 12 nitrogen and oxygen atoms in total. The molecular weight excluding hydrogens is 584 g/mol. The molecule has 232 valence electrons. The quantitative estimate of drug-likeness (QED) is 0.272. The van der Waals surface area contributed by atoms with Gasteiger partial charge >= 0.3 is 6.03 Å². The van der Waals surface area contributed by atoms with E-state index in [4.69, 9.17) is 4.74 Å². The third-order valence-corrected chi connectivity index (χ3v) is 8.97. The van der Waals surface area contributed by atoms with Gasteiger partial charge in [0.05, 0.1) is 36.8 Å². The molecule has 0 aliphatic carbocycles. The molecule has 0 bridgehead atoms. The highest BCUT2D eigenvalue weighted by Gasteiger charge is 2.34. The number of aliphatic hydroxyl groups excluding tert-OH is 1. The Morgan fingerprint density at radius 2 is 1.93 bits per heavy atom. The Bertz CT molecular complexity index is 1790. The van der Waals surface area contributed by atoms with Gasteiger partial charge in [0.15, 0.2) is 5.03 Å². The number of likely N-dealkylation sites (N-methyl/N-ethyl adjacent to an activating group) is 1. The number of imidazole rings is 1. The molecule has 0 saturated heterocycles. The van der Waals surface area contributed by atoms with Crippen LogP contribution in [0.4, 0.5) is 16.2 Å². The number of anilines is 2. The van der Waals surface area contributed by atoms with Crippen LogP contribution in [0, 0.1) is 5.92 Å². The summed E-state index contributed by atoms with van der Waals surface area (Å²) in [5, 5.41) is 14.7. The first-order chi connectivity index (χ1) is 21.0. The average Bonchev–Trinajstić information content (AvgIpc) is 3.46. The number of amides is 3. The van der Waals surface area contributed by atoms with Gasteiger partial charge in [-0.15, -0.1) is 0 Å². The Balaban J connectivity index is 1.40. The van der Waals surface area contributed by atoms with Crippen molar-refractivity contribution in [3.8, 4) is 5.75 Å². The number of aromatic nitrogens is 2. The first-order valence-electron chi connectivity index (χ1n) is 14.2. The van der Waals surface area contributed by atoms with Crippen LogP contribution in [0.5, 0.6) is 5.75 Å². The van der Waals surface area contributed by atoms with Crippen molar-refractivity contribution in [2.45, 2.75) is 31.0 Å². The van der Waals surface area contributed by atoms with Crippen molar-refractivity contribution in [2.24, 2.45) is 13.0 Å². The molecular formula is C31H36N6O6S. The summed E-state index contributed by atoms with van der Waals surface area (Å²) in [6.45, 7) is 3.83. The van der Waals surface area contributed by atoms with Gasteiger partial charge in [-0.05, 0) is 36.6 Å². The highest BCUT2D eigenvalue weighted by molar-refractivity contribution is 7.92. The summed E-state index contributed by atoms with van der Waals surface area (Å²) in [6.07, 6.45) is 2.21. The van der Waals surface area contributed by atoms with Crippen molar-refractivity contribution in [3.63, 3.8) is 0 Å². The Kier molecular flexibility index (Phi) is 8.79. The van der Waals surface area contributed by atoms with Gasteiger partial charge in [-0.3, -0.25) is 9.52 Å². The molecule has 44 heavy (non-hydrogen) atoms. The monoisotopic (exact) mass is 620 g/mol. The van der Waals surface area contributed by atoms with E-state index in [1.807, 2.05) is 49.4 Å². The third kappa shape index (κ3) is 6.48. The number of nitrogens with zero attached hydrogens (tertiary/aromatic N) is 4. The zero-order valence-corrected chi connectivity index (χ0v) is 25.8. The van der Waals surface area contributed by atoms with Crippen molar-refractivity contribution in [2.75, 3.05) is 36.8 Å². The van der Waals surface area contributed by atoms with Gasteiger partial charge in [-0.1, -0.05) is 43.3 Å². The molecule has 4 aromatic rings. The smallest absolute Gasteiger partial charge is 0.321 e. The molecule has 0 saturated carbocycles. The number of carbonyl (C=O) groups is 2. The van der Waals surface area contributed by atoms with Gasteiger partial charge in [-0.25, -0.2) is 9.78 Å². The second-order valence-electron chi connectivity index (χ2n) is 11.2. The maximum atomic E-state index is 13.7. The number of benzene rings is 3. The molecule has 3 atom stereocenters. The van der Waals surface area contributed by atoms with Gasteiger partial charge in [0, 0.05) is 43.8 Å². The topological polar surface area (TPSA) is 146 Å². The van der Waals surface area contributed by atoms with Crippen LogP contribution in [0.2, 0.25) is 0 Å². The zero-order chi connectivity index (χ0) is 31.6. The van der Waals surface area contributed by atoms with E-state index in [0.29, 0.717) is 5.69 Å². The number of ether oxygens (including phenoxy) is 1. The Morgan fingerprint density at radius 3 is 2.66 bits per heavy atom. The SMILES string of the molecule is C[C@H]1CN([C@@H](C)CO)C(=O)c2cc(NS(=O)(=O)c3cn(C)cn3)ccc2O[C@@H]1CN(C)C(=O)Nc1cccc2ccccc12. The van der Waals surface area contributed by atoms with Crippen molar-refractivity contribution in [3.05, 3.63) is 78.8 Å². The van der Waals surface area contributed by atoms with Gasteiger partial charge in [-0.2, -0.15) is 8.42 Å². The second-order valence-corrected chi connectivity index (χ2v) is 12.8. The first-order valence-corrected chi connectivity index (χ1v) is 15.7. The first kappa shape index (κ1) is 30.8. The summed E-state index contributed by atoms with van der Waals surface area (Å²) < 4.78 is 36.2. The fraction of sp³-hybridized carbons (Fsp3) is 0.323. The molecule has 3 amide bonds. The number of hydrogen-bond acceptors (Lipinski definition) is 7. The van der Waals surface area contributed by atoms with Crippen LogP contribution in [0.15, 0.2) is 78.2 Å². The molecule has 3 N–H and O–H groups in total. The lowest BCUT2D eigenvalue weighted by Gasteiger charge is -2.38. The van der Waals surface area contributed by atoms with Gasteiger partial charge in [0.1, 0.15) is 11.9 Å². The molecule has 1 aliphatic rings. The summed E-state index contributed by atoms with van der Waals surface area (Å²) in [4.78, 5) is 34.0. The summed E-state index contributed by atoms with van der Waals surface area (Å²) in [7, 11) is -0.680. The largest absolute Gasteiger partial charge is 0.487 e. The summed E-state index contributed by atoms with van der Waals surface area (Å²) in [6, 6.07) is 17.1. The Morgan fingerprint density at radius 1 is 1.18 bits per heavy atom. The summed E-state index contributed by atoms with van der Waals surface area (Å²) in [5.41, 5.74) is 0.970. The molecule has 0 fully saturated rings. The number of urea groups is 1. The van der Waals surface area contributed by atoms with Crippen LogP contribution in [0.3, 0.4) is 0 Å². The van der Waals surface area contributed by atoms with Crippen LogP contribution < -0.4 is 14.8 Å². The standard InChI is InChI=1S/C31H36N6O6S/c1-20-15-37(21(2)18-38)30(39)25-14-23(34-44(41,42)29-17-35(3)19-32-29)12-13-27(25)43-28(20)16-36(4)31(40)33-26-11-7-9-22-8-5-6-10-24(22)26/h5-14,17,19-21,28,34,38H,15-16,18H2,1-4H3,(H,33,40)/t20-,21-,28+/m0/s1. The van der Waals surface area contributed by atoms with Crippen molar-refractivity contribution in [1.82, 2.24) is 19.4 Å². The van der Waals surface area contributed by atoms with Gasteiger partial charge in [0.2, 0.25) is 0 Å². The Hall–Kier alpha value is -4.62. The van der Waals surface area contributed by atoms with E-state index in [9.17, 15) is 23.1 Å². The molecule has 0 spiro atoms. The van der Waals surface area contributed by atoms with Crippen LogP contribution in [-0.2, 0) is 17.1 Å². The fourth-order valence-corrected chi connectivity index (χ4v) is 6.17. The number of aliphatic hydroxyl groups is 1. The fourth-order valence-electron chi connectivity index (χ4n) is 5.14. The van der Waals surface area contributed by atoms with Crippen molar-refractivity contribution >= 4 is 44.1 Å². The van der Waals surface area contributed by atoms with E-state index in [0.717, 1.165) is 10.8 Å². The van der Waals surface area contributed by atoms with Crippen LogP contribution in [0.25, 0.3) is 10.8 Å². The number of aryl methyl sites for hydroxylation is 1. The summed E-state index contributed by atoms with van der Waals surface area (Å²) in [5.74, 6) is -0.394. The number of hydrogen-bond donors (Lipinski definition) is 3. The molecule has 0 radical (unpaired) electrons. The lowest BCUT2D eigenvalue weighted by molar-refractivity contribution is 0.0371. The van der Waals surface area contributed by atoms with E-state index >= 15 is 0 Å². The molecule has 5 rings (SSSR count). The van der Waals surface area contributed by atoms with E-state index in [1.165, 1.54) is 40.2 Å². The third-order valence-electron chi connectivity index (χ3n) is 7.71. The van der Waals surface area contributed by atoms with Crippen LogP contribution in [-0.4, -0.2) is 83.7 Å². The zero-order valence-electron chi connectivity index (χ0n) is 25.0. The van der Waals surface area contributed by atoms with E-state index in [-0.39, 0.29) is 53.7 Å². The molecule has 3 aromatic carbocycles. The lowest BCUT2D eigenvalue weighted by Crippen LogP contribution is -2.50. The van der Waals surface area contributed by atoms with Crippen molar-refractivity contribution < 1.29 is 27.9 Å². The van der Waals surface area contributed by atoms with Gasteiger partial charge < -0.3 is 29.5 Å². The minimum atomic E-state index is -4.01. The van der Waals surface area contributed by atoms with Crippen LogP contribution >= 0.6 is 0 Å². The van der Waals surface area contributed by atoms with Crippen molar-refractivity contribution in [1.29, 1.82) is 0 Å². The lowest BCUT2D eigenvalue weighted by atomic mass is 9.99. The predicted molar refractivity (Wildman–Crippen MR) is 167 cm³/mol. The highest BCUT2D eigenvalue weighted by atomic mass is 32.2. The number of sulfonamides is 1. The highest BCUT2D eigenvalue weighted by Crippen LogP contribution is 2.31. The maximum Gasteiger partial charge on any atom is 0.321 e. The molecule has 13 heteroatoms. The maximum absolute atomic E-state index is 13.7. The van der Waals surface area contributed by atoms with E-state index < -0.39 is 28.1 Å². The molecule has 0 unspecified atom stereocenters. The summed E-state index contributed by atoms with van der Waals surface area (Å²) >= 11 is 0. The van der Waals surface area contributed by atoms with E-state index in [1.54, 1.807) is 25.9 Å². The number of fused-ring (bicyclic) bond motifs is 2. The normalized spacial score (nSPS) is 17.7. The molecule has 1 aliphatic heterocycles. The molecule has 2 heterocycles. The predicted octanol–water partition coefficient (Wildman–Crippen LogP) is 3.76. The average molecular weight is 621 g/mol. The minimum Gasteiger partial charge on any atom is -0.487 e. The van der Waals surface area contributed by atoms with Gasteiger partial charge in [0.25, 0.3) is 15.9 Å².